The van der Waals surface area contributed by atoms with Crippen molar-refractivity contribution in [2.45, 2.75) is 32.0 Å². The summed E-state index contributed by atoms with van der Waals surface area (Å²) in [5.41, 5.74) is 6.54. The highest BCUT2D eigenvalue weighted by Crippen LogP contribution is 2.24. The number of oxime groups is 1. The molecule has 1 heterocycles. The Kier molecular flexibility index (Phi) is 4.61. The van der Waals surface area contributed by atoms with Gasteiger partial charge in [0, 0.05) is 10.0 Å². The third-order valence-corrected chi connectivity index (χ3v) is 3.64. The van der Waals surface area contributed by atoms with Crippen LogP contribution in [0.2, 0.25) is 0 Å². The van der Waals surface area contributed by atoms with E-state index in [0.717, 1.165) is 10.9 Å². The second kappa shape index (κ2) is 6.23. The number of ether oxygens (including phenoxy) is 1. The van der Waals surface area contributed by atoms with Crippen LogP contribution >= 0.6 is 15.9 Å². The summed E-state index contributed by atoms with van der Waals surface area (Å²) in [4.78, 5) is 12.1. The zero-order chi connectivity index (χ0) is 14.7. The quantitative estimate of drug-likeness (QED) is 0.339. The van der Waals surface area contributed by atoms with E-state index in [2.05, 4.69) is 26.4 Å². The minimum atomic E-state index is -0.450. The number of hydrogen-bond donors (Lipinski definition) is 3. The molecule has 2 rings (SSSR count). The smallest absolute Gasteiger partial charge is 0.253 e. The van der Waals surface area contributed by atoms with E-state index in [1.807, 2.05) is 6.92 Å². The fourth-order valence-corrected chi connectivity index (χ4v) is 2.46. The molecule has 0 bridgehead atoms. The topological polar surface area (TPSA) is 96.9 Å². The van der Waals surface area contributed by atoms with Crippen LogP contribution in [0.15, 0.2) is 27.8 Å². The fourth-order valence-electron chi connectivity index (χ4n) is 2.10. The summed E-state index contributed by atoms with van der Waals surface area (Å²) in [6, 6.07) is 5.12. The van der Waals surface area contributed by atoms with E-state index in [9.17, 15) is 4.79 Å². The highest BCUT2D eigenvalue weighted by Gasteiger charge is 2.28. The average molecular weight is 342 g/mol. The number of nitrogens with one attached hydrogen (secondary N) is 1. The van der Waals surface area contributed by atoms with E-state index in [-0.39, 0.29) is 17.8 Å². The van der Waals surface area contributed by atoms with Gasteiger partial charge in [-0.3, -0.25) is 4.79 Å². The SMILES string of the molecule is CC1CCC(C(=O)Nc2ccc(Br)cc2/C(N)=N/O)O1. The molecule has 6 nitrogen and oxygen atoms in total. The maximum atomic E-state index is 12.1. The Morgan fingerprint density at radius 1 is 1.55 bits per heavy atom. The van der Waals surface area contributed by atoms with Crippen molar-refractivity contribution in [1.82, 2.24) is 0 Å². The maximum absolute atomic E-state index is 12.1. The molecule has 1 saturated heterocycles. The zero-order valence-electron chi connectivity index (χ0n) is 11.0. The number of amides is 1. The number of hydrogen-bond acceptors (Lipinski definition) is 4. The van der Waals surface area contributed by atoms with Crippen molar-refractivity contribution in [2.24, 2.45) is 10.9 Å². The molecule has 0 spiro atoms. The number of amidine groups is 1. The van der Waals surface area contributed by atoms with Gasteiger partial charge in [-0.25, -0.2) is 0 Å². The Morgan fingerprint density at radius 2 is 2.30 bits per heavy atom. The lowest BCUT2D eigenvalue weighted by molar-refractivity contribution is -0.126. The van der Waals surface area contributed by atoms with E-state index in [0.29, 0.717) is 17.7 Å². The molecular formula is C13H16BrN3O3. The molecule has 1 amide bonds. The highest BCUT2D eigenvalue weighted by atomic mass is 79.9. The minimum Gasteiger partial charge on any atom is -0.409 e. The van der Waals surface area contributed by atoms with Crippen molar-refractivity contribution in [3.63, 3.8) is 0 Å². The van der Waals surface area contributed by atoms with Gasteiger partial charge in [-0.15, -0.1) is 0 Å². The van der Waals surface area contributed by atoms with Crippen LogP contribution in [0.3, 0.4) is 0 Å². The molecule has 1 aromatic carbocycles. The first-order valence-corrected chi connectivity index (χ1v) is 7.04. The molecule has 0 aliphatic carbocycles. The minimum absolute atomic E-state index is 0.0673. The van der Waals surface area contributed by atoms with Crippen molar-refractivity contribution in [2.75, 3.05) is 5.32 Å². The van der Waals surface area contributed by atoms with E-state index in [4.69, 9.17) is 15.7 Å². The van der Waals surface area contributed by atoms with Crippen molar-refractivity contribution < 1.29 is 14.7 Å². The summed E-state index contributed by atoms with van der Waals surface area (Å²) < 4.78 is 6.28. The van der Waals surface area contributed by atoms with E-state index < -0.39 is 6.10 Å². The second-order valence-corrected chi connectivity index (χ2v) is 5.59. The summed E-state index contributed by atoms with van der Waals surface area (Å²) in [5, 5.41) is 14.5. The number of carbonyl (C=O) groups excluding carboxylic acids is 1. The van der Waals surface area contributed by atoms with Gasteiger partial charge in [0.2, 0.25) is 0 Å². The summed E-state index contributed by atoms with van der Waals surface area (Å²) in [7, 11) is 0. The molecule has 0 radical (unpaired) electrons. The average Bonchev–Trinajstić information content (AvgIpc) is 2.86. The highest BCUT2D eigenvalue weighted by molar-refractivity contribution is 9.10. The molecule has 108 valence electrons. The van der Waals surface area contributed by atoms with Crippen LogP contribution in [-0.4, -0.2) is 29.2 Å². The van der Waals surface area contributed by atoms with Gasteiger partial charge in [-0.2, -0.15) is 0 Å². The molecule has 0 aromatic heterocycles. The Balaban J connectivity index is 2.18. The van der Waals surface area contributed by atoms with E-state index in [1.54, 1.807) is 18.2 Å². The first-order valence-electron chi connectivity index (χ1n) is 6.25. The Hall–Kier alpha value is -1.60. The molecule has 1 fully saturated rings. The molecule has 7 heteroatoms. The summed E-state index contributed by atoms with van der Waals surface area (Å²) in [6.07, 6.45) is 1.21. The van der Waals surface area contributed by atoms with Crippen LogP contribution in [0.1, 0.15) is 25.3 Å². The molecule has 1 aromatic rings. The first kappa shape index (κ1) is 14.8. The van der Waals surface area contributed by atoms with Crippen LogP contribution in [0.5, 0.6) is 0 Å². The normalized spacial score (nSPS) is 22.8. The van der Waals surface area contributed by atoms with Gasteiger partial charge < -0.3 is 21.0 Å². The number of rotatable bonds is 3. The number of nitrogens with two attached hydrogens (primary N) is 1. The lowest BCUT2D eigenvalue weighted by Gasteiger charge is -2.14. The van der Waals surface area contributed by atoms with Crippen LogP contribution in [0.25, 0.3) is 0 Å². The molecule has 1 aliphatic heterocycles. The third kappa shape index (κ3) is 3.29. The van der Waals surface area contributed by atoms with Crippen molar-refractivity contribution in [3.05, 3.63) is 28.2 Å². The van der Waals surface area contributed by atoms with Crippen molar-refractivity contribution in [3.8, 4) is 0 Å². The lowest BCUT2D eigenvalue weighted by Crippen LogP contribution is -2.29. The molecule has 4 N–H and O–H groups in total. The van der Waals surface area contributed by atoms with Crippen molar-refractivity contribution >= 4 is 33.4 Å². The van der Waals surface area contributed by atoms with Gasteiger partial charge in [0.15, 0.2) is 5.84 Å². The van der Waals surface area contributed by atoms with Crippen LogP contribution in [0, 0.1) is 0 Å². The number of carbonyl (C=O) groups is 1. The van der Waals surface area contributed by atoms with Gasteiger partial charge in [0.1, 0.15) is 6.10 Å². The predicted molar refractivity (Wildman–Crippen MR) is 78.9 cm³/mol. The number of anilines is 1. The Morgan fingerprint density at radius 3 is 2.90 bits per heavy atom. The summed E-state index contributed by atoms with van der Waals surface area (Å²) in [5.74, 6) is -0.286. The van der Waals surface area contributed by atoms with Gasteiger partial charge in [-0.1, -0.05) is 21.1 Å². The third-order valence-electron chi connectivity index (χ3n) is 3.15. The summed E-state index contributed by atoms with van der Waals surface area (Å²) >= 11 is 3.30. The van der Waals surface area contributed by atoms with Gasteiger partial charge in [-0.05, 0) is 38.0 Å². The van der Waals surface area contributed by atoms with Crippen LogP contribution in [0.4, 0.5) is 5.69 Å². The van der Waals surface area contributed by atoms with Crippen molar-refractivity contribution in [1.29, 1.82) is 0 Å². The molecule has 2 unspecified atom stereocenters. The van der Waals surface area contributed by atoms with Gasteiger partial charge >= 0.3 is 0 Å². The standard InChI is InChI=1S/C13H16BrN3O3/c1-7-2-5-11(20-7)13(18)16-10-4-3-8(14)6-9(10)12(15)17-19/h3-4,6-7,11,19H,2,5H2,1H3,(H2,15,17)(H,16,18). The number of halogens is 1. The number of benzene rings is 1. The summed E-state index contributed by atoms with van der Waals surface area (Å²) in [6.45, 7) is 1.94. The van der Waals surface area contributed by atoms with Gasteiger partial charge in [0.05, 0.1) is 11.8 Å². The molecule has 20 heavy (non-hydrogen) atoms. The molecule has 1 aliphatic rings. The van der Waals surface area contributed by atoms with E-state index >= 15 is 0 Å². The molecule has 2 atom stereocenters. The monoisotopic (exact) mass is 341 g/mol. The number of nitrogens with zero attached hydrogens (tertiary/aromatic N) is 1. The molecular weight excluding hydrogens is 326 g/mol. The Labute approximate surface area is 125 Å². The second-order valence-electron chi connectivity index (χ2n) is 4.68. The molecule has 0 saturated carbocycles. The van der Waals surface area contributed by atoms with E-state index in [1.165, 1.54) is 0 Å². The van der Waals surface area contributed by atoms with Crippen LogP contribution in [-0.2, 0) is 9.53 Å². The first-order chi connectivity index (χ1) is 9.51. The lowest BCUT2D eigenvalue weighted by atomic mass is 10.1. The fraction of sp³-hybridized carbons (Fsp3) is 0.385. The predicted octanol–water partition coefficient (Wildman–Crippen LogP) is 2.05. The maximum Gasteiger partial charge on any atom is 0.253 e. The van der Waals surface area contributed by atoms with Gasteiger partial charge in [0.25, 0.3) is 5.91 Å². The zero-order valence-corrected chi connectivity index (χ0v) is 12.6. The van der Waals surface area contributed by atoms with Crippen LogP contribution < -0.4 is 11.1 Å². The largest absolute Gasteiger partial charge is 0.409 e. The Bertz CT molecular complexity index is 548.